The van der Waals surface area contributed by atoms with Crippen molar-refractivity contribution in [2.24, 2.45) is 0 Å². The summed E-state index contributed by atoms with van der Waals surface area (Å²) in [6.45, 7) is 6.46. The summed E-state index contributed by atoms with van der Waals surface area (Å²) in [5, 5.41) is 13.0. The van der Waals surface area contributed by atoms with E-state index in [9.17, 15) is 14.5 Å². The molecular weight excluding hydrogens is 548 g/mol. The molecule has 0 radical (unpaired) electrons. The highest BCUT2D eigenvalue weighted by Gasteiger charge is 2.44. The number of pyridine rings is 2. The zero-order chi connectivity index (χ0) is 29.9. The van der Waals surface area contributed by atoms with E-state index in [0.29, 0.717) is 25.2 Å². The molecule has 1 aliphatic heterocycles. The van der Waals surface area contributed by atoms with Crippen molar-refractivity contribution in [1.82, 2.24) is 19.6 Å². The van der Waals surface area contributed by atoms with E-state index in [-0.39, 0.29) is 24.2 Å². The normalized spacial score (nSPS) is 15.7. The number of ether oxygens (including phenoxy) is 1. The number of carbonyl (C=O) groups is 1. The first kappa shape index (κ1) is 29.7. The van der Waals surface area contributed by atoms with Crippen molar-refractivity contribution in [1.29, 1.82) is 0 Å². The van der Waals surface area contributed by atoms with Crippen molar-refractivity contribution in [2.45, 2.75) is 51.1 Å². The number of methoxy groups -OCH3 is 1. The summed E-state index contributed by atoms with van der Waals surface area (Å²) < 4.78 is 20.4. The first-order chi connectivity index (χ1) is 20.2. The fourth-order valence-corrected chi connectivity index (χ4v) is 6.65. The second-order valence-electron chi connectivity index (χ2n) is 11.2. The SMILES string of the molecule is COc1cccc(CNC(=O)c2cc3c(c(-c4cccc(-c5ccncc5)c4)n2)[C@@H](CCO)N([S+]([O-])C(C)(C)C)C3)c1. The van der Waals surface area contributed by atoms with Gasteiger partial charge in [0.1, 0.15) is 16.2 Å². The van der Waals surface area contributed by atoms with Gasteiger partial charge in [-0.25, -0.2) is 4.98 Å². The smallest absolute Gasteiger partial charge is 0.270 e. The molecule has 2 aromatic carbocycles. The number of rotatable bonds is 9. The predicted molar refractivity (Wildman–Crippen MR) is 165 cm³/mol. The number of fused-ring (bicyclic) bond motifs is 1. The van der Waals surface area contributed by atoms with E-state index >= 15 is 0 Å². The van der Waals surface area contributed by atoms with Gasteiger partial charge in [0, 0.05) is 48.0 Å². The number of aliphatic hydroxyl groups excluding tert-OH is 1. The topological polar surface area (TPSA) is 111 Å². The van der Waals surface area contributed by atoms with Crippen LogP contribution >= 0.6 is 0 Å². The van der Waals surface area contributed by atoms with Crippen LogP contribution in [-0.2, 0) is 24.5 Å². The highest BCUT2D eigenvalue weighted by Crippen LogP contribution is 2.45. The van der Waals surface area contributed by atoms with Crippen LogP contribution in [0.2, 0.25) is 0 Å². The number of aliphatic hydroxyl groups is 1. The minimum atomic E-state index is -1.34. The van der Waals surface area contributed by atoms with Crippen molar-refractivity contribution >= 4 is 17.3 Å². The number of amides is 1. The Morgan fingerprint density at radius 3 is 2.52 bits per heavy atom. The lowest BCUT2D eigenvalue weighted by molar-refractivity contribution is 0.0946. The molecule has 0 saturated heterocycles. The largest absolute Gasteiger partial charge is 0.597 e. The molecule has 42 heavy (non-hydrogen) atoms. The van der Waals surface area contributed by atoms with Crippen molar-refractivity contribution < 1.29 is 19.2 Å². The molecule has 0 fully saturated rings. The number of aromatic nitrogens is 2. The molecule has 2 N–H and O–H groups in total. The van der Waals surface area contributed by atoms with Crippen LogP contribution < -0.4 is 10.1 Å². The Kier molecular flexibility index (Phi) is 8.93. The zero-order valence-corrected chi connectivity index (χ0v) is 25.1. The van der Waals surface area contributed by atoms with Crippen LogP contribution in [0.4, 0.5) is 0 Å². The van der Waals surface area contributed by atoms with Gasteiger partial charge in [-0.2, -0.15) is 0 Å². The second kappa shape index (κ2) is 12.6. The fraction of sp³-hybridized carbons (Fsp3) is 0.303. The van der Waals surface area contributed by atoms with E-state index in [1.807, 2.05) is 79.7 Å². The summed E-state index contributed by atoms with van der Waals surface area (Å²) in [5.74, 6) is 0.414. The molecule has 218 valence electrons. The quantitative estimate of drug-likeness (QED) is 0.252. The van der Waals surface area contributed by atoms with Crippen LogP contribution in [-0.4, -0.2) is 48.3 Å². The molecule has 9 heteroatoms. The van der Waals surface area contributed by atoms with Crippen LogP contribution in [0.3, 0.4) is 0 Å². The van der Waals surface area contributed by atoms with E-state index < -0.39 is 16.1 Å². The number of hydrogen-bond acceptors (Lipinski definition) is 7. The standard InChI is InChI=1S/C33H36N4O4S/c1-33(2,3)42(40)37-21-26-19-28(32(39)35-20-22-7-5-10-27(17-22)41-4)36-31(30(26)29(37)13-16-38)25-9-6-8-24(18-25)23-11-14-34-15-12-23/h5-12,14-15,17-19,29,38H,13,16,20-21H2,1-4H3,(H,35,39)/t29-,42?/m1/s1. The van der Waals surface area contributed by atoms with Crippen molar-refractivity contribution in [2.75, 3.05) is 13.7 Å². The second-order valence-corrected chi connectivity index (χ2v) is 13.4. The molecule has 1 unspecified atom stereocenters. The fourth-order valence-electron chi connectivity index (χ4n) is 5.25. The predicted octanol–water partition coefficient (Wildman–Crippen LogP) is 5.45. The number of carbonyl (C=O) groups excluding carboxylic acids is 1. The van der Waals surface area contributed by atoms with Gasteiger partial charge in [0.25, 0.3) is 5.91 Å². The minimum absolute atomic E-state index is 0.0682. The number of hydrogen-bond donors (Lipinski definition) is 2. The molecule has 0 bridgehead atoms. The summed E-state index contributed by atoms with van der Waals surface area (Å²) in [6.07, 6.45) is 3.90. The number of nitrogens with zero attached hydrogens (tertiary/aromatic N) is 3. The third-order valence-electron chi connectivity index (χ3n) is 7.26. The van der Waals surface area contributed by atoms with Crippen LogP contribution in [0.5, 0.6) is 5.75 Å². The average Bonchev–Trinajstić information content (AvgIpc) is 3.37. The maximum Gasteiger partial charge on any atom is 0.270 e. The van der Waals surface area contributed by atoms with Gasteiger partial charge in [0.2, 0.25) is 0 Å². The highest BCUT2D eigenvalue weighted by molar-refractivity contribution is 7.90. The molecule has 2 atom stereocenters. The molecule has 5 rings (SSSR count). The molecule has 0 saturated carbocycles. The Balaban J connectivity index is 1.58. The van der Waals surface area contributed by atoms with Crippen LogP contribution in [0.25, 0.3) is 22.4 Å². The van der Waals surface area contributed by atoms with Gasteiger partial charge in [0.05, 0.1) is 25.4 Å². The van der Waals surface area contributed by atoms with Gasteiger partial charge < -0.3 is 19.7 Å². The lowest BCUT2D eigenvalue weighted by atomic mass is 9.94. The van der Waals surface area contributed by atoms with Gasteiger partial charge in [-0.05, 0) is 85.8 Å². The average molecular weight is 585 g/mol. The van der Waals surface area contributed by atoms with Gasteiger partial charge in [-0.1, -0.05) is 30.3 Å². The summed E-state index contributed by atoms with van der Waals surface area (Å²) in [4.78, 5) is 22.6. The zero-order valence-electron chi connectivity index (χ0n) is 24.3. The maximum absolute atomic E-state index is 13.7. The van der Waals surface area contributed by atoms with Gasteiger partial charge >= 0.3 is 0 Å². The Hall–Kier alpha value is -3.76. The monoisotopic (exact) mass is 584 g/mol. The van der Waals surface area contributed by atoms with Crippen molar-refractivity contribution in [3.63, 3.8) is 0 Å². The molecule has 0 aliphatic carbocycles. The van der Waals surface area contributed by atoms with E-state index in [0.717, 1.165) is 39.1 Å². The summed E-state index contributed by atoms with van der Waals surface area (Å²) in [6, 6.07) is 20.9. The lowest BCUT2D eigenvalue weighted by Gasteiger charge is -2.33. The van der Waals surface area contributed by atoms with E-state index in [2.05, 4.69) is 16.4 Å². The first-order valence-corrected chi connectivity index (χ1v) is 15.1. The van der Waals surface area contributed by atoms with Crippen molar-refractivity contribution in [3.8, 4) is 28.1 Å². The highest BCUT2D eigenvalue weighted by atomic mass is 32.2. The molecular formula is C33H36N4O4S. The van der Waals surface area contributed by atoms with Gasteiger partial charge in [-0.15, -0.1) is 4.31 Å². The lowest BCUT2D eigenvalue weighted by Crippen LogP contribution is -2.42. The Labute approximate surface area is 250 Å². The molecule has 3 heterocycles. The minimum Gasteiger partial charge on any atom is -0.597 e. The third kappa shape index (κ3) is 6.34. The Bertz CT molecular complexity index is 1560. The van der Waals surface area contributed by atoms with Crippen molar-refractivity contribution in [3.05, 3.63) is 102 Å². The number of nitrogens with one attached hydrogen (secondary N) is 1. The van der Waals surface area contributed by atoms with E-state index in [1.54, 1.807) is 25.6 Å². The first-order valence-electron chi connectivity index (χ1n) is 13.9. The van der Waals surface area contributed by atoms with Gasteiger partial charge in [0.15, 0.2) is 0 Å². The van der Waals surface area contributed by atoms with Crippen LogP contribution in [0.15, 0.2) is 79.1 Å². The summed E-state index contributed by atoms with van der Waals surface area (Å²) in [7, 11) is 1.61. The molecule has 1 aliphatic rings. The Morgan fingerprint density at radius 1 is 1.07 bits per heavy atom. The summed E-state index contributed by atoms with van der Waals surface area (Å²) >= 11 is -1.34. The van der Waals surface area contributed by atoms with E-state index in [4.69, 9.17) is 9.72 Å². The van der Waals surface area contributed by atoms with E-state index in [1.165, 1.54) is 0 Å². The van der Waals surface area contributed by atoms with Crippen LogP contribution in [0.1, 0.15) is 60.4 Å². The molecule has 4 aromatic rings. The van der Waals surface area contributed by atoms with Gasteiger partial charge in [-0.3, -0.25) is 9.78 Å². The molecule has 1 amide bonds. The summed E-state index contributed by atoms with van der Waals surface area (Å²) in [5.41, 5.74) is 6.48. The molecule has 0 spiro atoms. The molecule has 2 aromatic heterocycles. The third-order valence-corrected chi connectivity index (χ3v) is 9.12. The van der Waals surface area contributed by atoms with Crippen LogP contribution in [0, 0.1) is 0 Å². The maximum atomic E-state index is 13.7. The molecule has 8 nitrogen and oxygen atoms in total. The number of benzene rings is 2. The Morgan fingerprint density at radius 2 is 1.81 bits per heavy atom.